The summed E-state index contributed by atoms with van der Waals surface area (Å²) in [6, 6.07) is 0.0868. The molecule has 1 N–H and O–H groups in total. The molecule has 110 valence electrons. The molecule has 0 heterocycles. The fourth-order valence-corrected chi connectivity index (χ4v) is 3.45. The van der Waals surface area contributed by atoms with E-state index >= 15 is 0 Å². The highest BCUT2D eigenvalue weighted by atomic mass is 32.2. The number of nitrogens with one attached hydrogen (secondary N) is 1. The Kier molecular flexibility index (Phi) is 8.82. The summed E-state index contributed by atoms with van der Waals surface area (Å²) in [4.78, 5) is 0. The number of nitrogens with zero attached hydrogens (tertiary/aromatic N) is 1. The molecule has 1 unspecified atom stereocenters. The van der Waals surface area contributed by atoms with Gasteiger partial charge >= 0.3 is 0 Å². The van der Waals surface area contributed by atoms with Crippen molar-refractivity contribution in [1.29, 1.82) is 0 Å². The Hall–Kier alpha value is -0.130. The van der Waals surface area contributed by atoms with Gasteiger partial charge in [0.25, 0.3) is 0 Å². The Morgan fingerprint density at radius 3 is 2.28 bits per heavy atom. The molecule has 0 aliphatic rings. The molecule has 0 aromatic rings. The maximum Gasteiger partial charge on any atom is 0.214 e. The molecular formula is C13H30N2O2S. The average molecular weight is 278 g/mol. The van der Waals surface area contributed by atoms with Crippen molar-refractivity contribution in [3.8, 4) is 0 Å². The van der Waals surface area contributed by atoms with E-state index in [1.165, 1.54) is 0 Å². The second-order valence-corrected chi connectivity index (χ2v) is 7.52. The summed E-state index contributed by atoms with van der Waals surface area (Å²) in [7, 11) is -1.39. The van der Waals surface area contributed by atoms with Crippen LogP contribution < -0.4 is 5.32 Å². The summed E-state index contributed by atoms with van der Waals surface area (Å²) < 4.78 is 25.7. The second kappa shape index (κ2) is 8.88. The van der Waals surface area contributed by atoms with Gasteiger partial charge in [0, 0.05) is 13.1 Å². The standard InChI is InChI=1S/C13H30N2O2S/c1-6-14-9-7-8-10-18(16,17)15(5)13(4)11-12(2)3/h12-14H,6-11H2,1-5H3. The van der Waals surface area contributed by atoms with Crippen LogP contribution >= 0.6 is 0 Å². The second-order valence-electron chi connectivity index (χ2n) is 5.37. The van der Waals surface area contributed by atoms with E-state index < -0.39 is 10.0 Å². The summed E-state index contributed by atoms with van der Waals surface area (Å²) in [5.41, 5.74) is 0. The Morgan fingerprint density at radius 1 is 1.17 bits per heavy atom. The topological polar surface area (TPSA) is 49.4 Å². The smallest absolute Gasteiger partial charge is 0.214 e. The zero-order chi connectivity index (χ0) is 14.2. The first-order chi connectivity index (χ1) is 8.31. The highest BCUT2D eigenvalue weighted by Crippen LogP contribution is 2.14. The van der Waals surface area contributed by atoms with E-state index in [2.05, 4.69) is 26.1 Å². The van der Waals surface area contributed by atoms with Gasteiger partial charge in [-0.15, -0.1) is 0 Å². The molecular weight excluding hydrogens is 248 g/mol. The van der Waals surface area contributed by atoms with Gasteiger partial charge in [0.2, 0.25) is 10.0 Å². The molecule has 0 fully saturated rings. The lowest BCUT2D eigenvalue weighted by molar-refractivity contribution is 0.337. The SMILES string of the molecule is CCNCCCCS(=O)(=O)N(C)C(C)CC(C)C. The van der Waals surface area contributed by atoms with Crippen LogP contribution in [0.5, 0.6) is 0 Å². The van der Waals surface area contributed by atoms with E-state index in [1.807, 2.05) is 6.92 Å². The van der Waals surface area contributed by atoms with Crippen molar-refractivity contribution in [2.75, 3.05) is 25.9 Å². The van der Waals surface area contributed by atoms with Gasteiger partial charge in [0.15, 0.2) is 0 Å². The Balaban J connectivity index is 4.11. The number of hydrogen-bond acceptors (Lipinski definition) is 3. The van der Waals surface area contributed by atoms with Crippen molar-refractivity contribution < 1.29 is 8.42 Å². The summed E-state index contributed by atoms with van der Waals surface area (Å²) >= 11 is 0. The number of rotatable bonds is 10. The predicted molar refractivity (Wildman–Crippen MR) is 78.2 cm³/mol. The summed E-state index contributed by atoms with van der Waals surface area (Å²) in [6.45, 7) is 10.1. The van der Waals surface area contributed by atoms with E-state index in [1.54, 1.807) is 11.4 Å². The highest BCUT2D eigenvalue weighted by molar-refractivity contribution is 7.89. The summed E-state index contributed by atoms with van der Waals surface area (Å²) in [6.07, 6.45) is 2.56. The van der Waals surface area contributed by atoms with Gasteiger partial charge in [-0.25, -0.2) is 12.7 Å². The molecule has 0 bridgehead atoms. The van der Waals surface area contributed by atoms with Crippen molar-refractivity contribution >= 4 is 10.0 Å². The van der Waals surface area contributed by atoms with Gasteiger partial charge < -0.3 is 5.32 Å². The first-order valence-corrected chi connectivity index (χ1v) is 8.58. The van der Waals surface area contributed by atoms with Crippen molar-refractivity contribution in [3.63, 3.8) is 0 Å². The van der Waals surface area contributed by atoms with Crippen molar-refractivity contribution in [3.05, 3.63) is 0 Å². The normalized spacial score (nSPS) is 14.4. The van der Waals surface area contributed by atoms with E-state index in [-0.39, 0.29) is 11.8 Å². The fraction of sp³-hybridized carbons (Fsp3) is 1.00. The molecule has 5 heteroatoms. The third kappa shape index (κ3) is 7.34. The Bertz CT molecular complexity index is 302. The zero-order valence-electron chi connectivity index (χ0n) is 12.6. The maximum absolute atomic E-state index is 12.1. The average Bonchev–Trinajstić information content (AvgIpc) is 2.26. The van der Waals surface area contributed by atoms with E-state index in [9.17, 15) is 8.42 Å². The Labute approximate surface area is 113 Å². The van der Waals surface area contributed by atoms with Crippen LogP contribution in [0.3, 0.4) is 0 Å². The first-order valence-electron chi connectivity index (χ1n) is 6.97. The molecule has 18 heavy (non-hydrogen) atoms. The van der Waals surface area contributed by atoms with Crippen LogP contribution in [0.4, 0.5) is 0 Å². The minimum absolute atomic E-state index is 0.0868. The van der Waals surface area contributed by atoms with Gasteiger partial charge in [-0.1, -0.05) is 20.8 Å². The predicted octanol–water partition coefficient (Wildman–Crippen LogP) is 2.07. The monoisotopic (exact) mass is 278 g/mol. The summed E-state index contributed by atoms with van der Waals surface area (Å²) in [5.74, 6) is 0.781. The summed E-state index contributed by atoms with van der Waals surface area (Å²) in [5, 5.41) is 3.20. The van der Waals surface area contributed by atoms with Crippen LogP contribution in [0.2, 0.25) is 0 Å². The fourth-order valence-electron chi connectivity index (χ4n) is 1.96. The van der Waals surface area contributed by atoms with Crippen molar-refractivity contribution in [2.45, 2.75) is 53.0 Å². The molecule has 4 nitrogen and oxygen atoms in total. The number of unbranched alkanes of at least 4 members (excludes halogenated alkanes) is 1. The number of hydrogen-bond donors (Lipinski definition) is 1. The van der Waals surface area contributed by atoms with Crippen LogP contribution in [-0.2, 0) is 10.0 Å². The van der Waals surface area contributed by atoms with Gasteiger partial charge in [0.05, 0.1) is 5.75 Å². The molecule has 0 saturated heterocycles. The molecule has 0 radical (unpaired) electrons. The first kappa shape index (κ1) is 17.9. The molecule has 1 atom stereocenters. The van der Waals surface area contributed by atoms with Crippen molar-refractivity contribution in [2.24, 2.45) is 5.92 Å². The van der Waals surface area contributed by atoms with E-state index in [4.69, 9.17) is 0 Å². The number of sulfonamides is 1. The molecule has 0 aromatic heterocycles. The lowest BCUT2D eigenvalue weighted by Crippen LogP contribution is -2.37. The molecule has 0 amide bonds. The minimum Gasteiger partial charge on any atom is -0.317 e. The van der Waals surface area contributed by atoms with Gasteiger partial charge in [-0.2, -0.15) is 0 Å². The Morgan fingerprint density at radius 2 is 1.78 bits per heavy atom. The molecule has 0 spiro atoms. The van der Waals surface area contributed by atoms with Crippen LogP contribution in [0.15, 0.2) is 0 Å². The van der Waals surface area contributed by atoms with Crippen LogP contribution in [0, 0.1) is 5.92 Å². The van der Waals surface area contributed by atoms with Crippen LogP contribution in [0.25, 0.3) is 0 Å². The maximum atomic E-state index is 12.1. The largest absolute Gasteiger partial charge is 0.317 e. The highest BCUT2D eigenvalue weighted by Gasteiger charge is 2.22. The third-order valence-electron chi connectivity index (χ3n) is 3.13. The van der Waals surface area contributed by atoms with Gasteiger partial charge in [0.1, 0.15) is 0 Å². The van der Waals surface area contributed by atoms with Crippen LogP contribution in [0.1, 0.15) is 47.0 Å². The minimum atomic E-state index is -3.09. The van der Waals surface area contributed by atoms with Gasteiger partial charge in [-0.3, -0.25) is 0 Å². The van der Waals surface area contributed by atoms with Crippen LogP contribution in [-0.4, -0.2) is 44.7 Å². The van der Waals surface area contributed by atoms with E-state index in [0.717, 1.165) is 32.4 Å². The third-order valence-corrected chi connectivity index (χ3v) is 5.17. The molecule has 0 rings (SSSR count). The van der Waals surface area contributed by atoms with Gasteiger partial charge in [-0.05, 0) is 45.2 Å². The lowest BCUT2D eigenvalue weighted by atomic mass is 10.1. The van der Waals surface area contributed by atoms with E-state index in [0.29, 0.717) is 5.92 Å². The molecule has 0 saturated carbocycles. The lowest BCUT2D eigenvalue weighted by Gasteiger charge is -2.25. The van der Waals surface area contributed by atoms with Crippen molar-refractivity contribution in [1.82, 2.24) is 9.62 Å². The molecule has 0 aromatic carbocycles. The molecule has 0 aliphatic carbocycles. The zero-order valence-corrected chi connectivity index (χ0v) is 13.4. The quantitative estimate of drug-likeness (QED) is 0.622. The molecule has 0 aliphatic heterocycles.